The Hall–Kier alpha value is -2.35. The maximum absolute atomic E-state index is 4.67. The first-order valence-corrected chi connectivity index (χ1v) is 10.4. The van der Waals surface area contributed by atoms with Gasteiger partial charge in [-0.2, -0.15) is 0 Å². The van der Waals surface area contributed by atoms with Crippen LogP contribution in [-0.4, -0.2) is 6.21 Å². The minimum absolute atomic E-state index is 0.327. The minimum atomic E-state index is 0.327. The number of nitrogens with one attached hydrogen (secondary N) is 1. The lowest BCUT2D eigenvalue weighted by Crippen LogP contribution is -2.48. The number of aliphatic imine (C=N–C) groups is 1. The summed E-state index contributed by atoms with van der Waals surface area (Å²) >= 11 is 0. The van der Waals surface area contributed by atoms with Crippen LogP contribution < -0.4 is 5.32 Å². The van der Waals surface area contributed by atoms with Crippen LogP contribution in [-0.2, 0) is 0 Å². The number of nitrogens with zero attached hydrogens (tertiary/aromatic N) is 1. The SMILES string of the molecule is C(C=C(Nc1ccccc1)C12CC3CC(CC(C3)C1)C2)=Nc1ccccc1. The predicted molar refractivity (Wildman–Crippen MR) is 113 cm³/mol. The van der Waals surface area contributed by atoms with Crippen molar-refractivity contribution in [1.29, 1.82) is 0 Å². The molecule has 2 heteroatoms. The molecule has 4 saturated carbocycles. The molecular weight excluding hydrogens is 328 g/mol. The normalized spacial score (nSPS) is 32.1. The molecule has 0 unspecified atom stereocenters. The summed E-state index contributed by atoms with van der Waals surface area (Å²) in [5.74, 6) is 2.80. The van der Waals surface area contributed by atoms with Gasteiger partial charge in [0.15, 0.2) is 0 Å². The second-order valence-corrected chi connectivity index (χ2v) is 8.88. The maximum Gasteiger partial charge on any atom is 0.0629 e. The van der Waals surface area contributed by atoms with Crippen molar-refractivity contribution >= 4 is 17.6 Å². The van der Waals surface area contributed by atoms with Crippen LogP contribution in [0.2, 0.25) is 0 Å². The van der Waals surface area contributed by atoms with Gasteiger partial charge in [-0.3, -0.25) is 4.99 Å². The summed E-state index contributed by atoms with van der Waals surface area (Å²) < 4.78 is 0. The van der Waals surface area contributed by atoms with Crippen molar-refractivity contribution in [1.82, 2.24) is 0 Å². The number of para-hydroxylation sites is 2. The number of hydrogen-bond donors (Lipinski definition) is 1. The van der Waals surface area contributed by atoms with E-state index in [-0.39, 0.29) is 0 Å². The Morgan fingerprint density at radius 1 is 0.815 bits per heavy atom. The summed E-state index contributed by atoms with van der Waals surface area (Å²) in [4.78, 5) is 4.67. The second kappa shape index (κ2) is 6.99. The molecule has 0 saturated heterocycles. The summed E-state index contributed by atoms with van der Waals surface area (Å²) in [6, 6.07) is 20.9. The smallest absolute Gasteiger partial charge is 0.0629 e. The van der Waals surface area contributed by atoms with Crippen molar-refractivity contribution in [3.8, 4) is 0 Å². The second-order valence-electron chi connectivity index (χ2n) is 8.88. The fourth-order valence-electron chi connectivity index (χ4n) is 6.18. The molecule has 2 aromatic rings. The van der Waals surface area contributed by atoms with E-state index < -0.39 is 0 Å². The van der Waals surface area contributed by atoms with Crippen molar-refractivity contribution in [2.75, 3.05) is 5.32 Å². The lowest BCUT2D eigenvalue weighted by molar-refractivity contribution is -0.0296. The Kier molecular flexibility index (Phi) is 4.35. The molecule has 0 amide bonds. The standard InChI is InChI=1S/C25H28N2/c1-3-7-22(8-4-1)26-12-11-24(27-23-9-5-2-6-10-23)25-16-19-13-20(17-25)15-21(14-19)18-25/h1-12,19-21,27H,13-18H2. The van der Waals surface area contributed by atoms with Gasteiger partial charge in [-0.05, 0) is 86.6 Å². The highest BCUT2D eigenvalue weighted by atomic mass is 14.9. The van der Waals surface area contributed by atoms with Crippen LogP contribution in [0.15, 0.2) is 77.4 Å². The topological polar surface area (TPSA) is 24.4 Å². The van der Waals surface area contributed by atoms with Crippen molar-refractivity contribution in [2.45, 2.75) is 38.5 Å². The van der Waals surface area contributed by atoms with E-state index in [0.29, 0.717) is 5.41 Å². The van der Waals surface area contributed by atoms with Crippen molar-refractivity contribution < 1.29 is 0 Å². The van der Waals surface area contributed by atoms with Gasteiger partial charge in [0.25, 0.3) is 0 Å². The highest BCUT2D eigenvalue weighted by Crippen LogP contribution is 2.62. The van der Waals surface area contributed by atoms with E-state index in [0.717, 1.165) is 23.4 Å². The van der Waals surface area contributed by atoms with Crippen LogP contribution in [0.5, 0.6) is 0 Å². The van der Waals surface area contributed by atoms with Crippen LogP contribution in [0.3, 0.4) is 0 Å². The number of benzene rings is 2. The number of anilines is 1. The molecule has 0 heterocycles. The third kappa shape index (κ3) is 3.45. The van der Waals surface area contributed by atoms with E-state index in [1.807, 2.05) is 24.4 Å². The van der Waals surface area contributed by atoms with Crippen molar-refractivity contribution in [3.05, 3.63) is 72.4 Å². The third-order valence-corrected chi connectivity index (χ3v) is 6.88. The van der Waals surface area contributed by atoms with E-state index >= 15 is 0 Å². The summed E-state index contributed by atoms with van der Waals surface area (Å²) in [5, 5.41) is 3.79. The maximum atomic E-state index is 4.67. The molecule has 1 N–H and O–H groups in total. The molecule has 138 valence electrons. The molecule has 2 nitrogen and oxygen atoms in total. The quantitative estimate of drug-likeness (QED) is 0.600. The van der Waals surface area contributed by atoms with Crippen LogP contribution in [0.1, 0.15) is 38.5 Å². The van der Waals surface area contributed by atoms with Crippen molar-refractivity contribution in [3.63, 3.8) is 0 Å². The molecule has 2 aromatic carbocycles. The van der Waals surface area contributed by atoms with Gasteiger partial charge < -0.3 is 5.32 Å². The van der Waals surface area contributed by atoms with Crippen LogP contribution in [0, 0.1) is 23.2 Å². The summed E-state index contributed by atoms with van der Waals surface area (Å²) in [7, 11) is 0. The van der Waals surface area contributed by atoms with Crippen molar-refractivity contribution in [2.24, 2.45) is 28.2 Å². The molecule has 0 aliphatic heterocycles. The average Bonchev–Trinajstić information content (AvgIpc) is 2.68. The Morgan fingerprint density at radius 2 is 1.37 bits per heavy atom. The fourth-order valence-corrected chi connectivity index (χ4v) is 6.18. The number of allylic oxidation sites excluding steroid dienone is 2. The van der Waals surface area contributed by atoms with Crippen LogP contribution in [0.4, 0.5) is 11.4 Å². The van der Waals surface area contributed by atoms with Crippen LogP contribution >= 0.6 is 0 Å². The molecule has 4 bridgehead atoms. The summed E-state index contributed by atoms with van der Waals surface area (Å²) in [5.41, 5.74) is 3.91. The fraction of sp³-hybridized carbons (Fsp3) is 0.400. The van der Waals surface area contributed by atoms with Crippen LogP contribution in [0.25, 0.3) is 0 Å². The first-order valence-electron chi connectivity index (χ1n) is 10.4. The third-order valence-electron chi connectivity index (χ3n) is 6.88. The lowest BCUT2D eigenvalue weighted by atomic mass is 9.48. The zero-order valence-corrected chi connectivity index (χ0v) is 15.9. The molecular formula is C25H28N2. The molecule has 0 spiro atoms. The predicted octanol–water partition coefficient (Wildman–Crippen LogP) is 6.60. The largest absolute Gasteiger partial charge is 0.358 e. The molecule has 4 aliphatic rings. The highest BCUT2D eigenvalue weighted by molar-refractivity contribution is 5.77. The molecule has 0 atom stereocenters. The molecule has 0 aromatic heterocycles. The summed E-state index contributed by atoms with van der Waals surface area (Å²) in [6.07, 6.45) is 12.7. The molecule has 0 radical (unpaired) electrons. The number of hydrogen-bond acceptors (Lipinski definition) is 2. The Bertz CT molecular complexity index is 800. The first-order chi connectivity index (χ1) is 13.3. The molecule has 6 rings (SSSR count). The van der Waals surface area contributed by atoms with Gasteiger partial charge in [-0.1, -0.05) is 36.4 Å². The van der Waals surface area contributed by atoms with Gasteiger partial charge in [0.2, 0.25) is 0 Å². The zero-order chi connectivity index (χ0) is 18.1. The highest BCUT2D eigenvalue weighted by Gasteiger charge is 2.52. The Labute approximate surface area is 162 Å². The van der Waals surface area contributed by atoms with Gasteiger partial charge in [0.1, 0.15) is 0 Å². The minimum Gasteiger partial charge on any atom is -0.358 e. The summed E-state index contributed by atoms with van der Waals surface area (Å²) in [6.45, 7) is 0. The Morgan fingerprint density at radius 3 is 1.96 bits per heavy atom. The van der Waals surface area contributed by atoms with E-state index in [1.54, 1.807) is 0 Å². The van der Waals surface area contributed by atoms with Gasteiger partial charge >= 0.3 is 0 Å². The monoisotopic (exact) mass is 356 g/mol. The van der Waals surface area contributed by atoms with Gasteiger partial charge in [-0.25, -0.2) is 0 Å². The lowest BCUT2D eigenvalue weighted by Gasteiger charge is -2.57. The van der Waals surface area contributed by atoms with E-state index in [1.165, 1.54) is 49.9 Å². The van der Waals surface area contributed by atoms with Gasteiger partial charge in [0.05, 0.1) is 5.69 Å². The molecule has 4 fully saturated rings. The Balaban J connectivity index is 1.47. The number of rotatable bonds is 5. The van der Waals surface area contributed by atoms with Gasteiger partial charge in [0, 0.05) is 23.0 Å². The molecule has 4 aliphatic carbocycles. The average molecular weight is 357 g/mol. The van der Waals surface area contributed by atoms with E-state index in [9.17, 15) is 0 Å². The molecule has 27 heavy (non-hydrogen) atoms. The van der Waals surface area contributed by atoms with E-state index in [2.05, 4.69) is 58.8 Å². The van der Waals surface area contributed by atoms with Gasteiger partial charge in [-0.15, -0.1) is 0 Å². The first kappa shape index (κ1) is 16.8. The van der Waals surface area contributed by atoms with E-state index in [4.69, 9.17) is 0 Å². The zero-order valence-electron chi connectivity index (χ0n) is 15.9.